The number of anilines is 2. The van der Waals surface area contributed by atoms with Gasteiger partial charge in [0.2, 0.25) is 0 Å². The van der Waals surface area contributed by atoms with Crippen LogP contribution < -0.4 is 11.1 Å². The van der Waals surface area contributed by atoms with Crippen LogP contribution in [0.1, 0.15) is 22.3 Å². The average Bonchev–Trinajstić information content (AvgIpc) is 2.49. The van der Waals surface area contributed by atoms with Gasteiger partial charge in [-0.25, -0.2) is 0 Å². The first-order valence-corrected chi connectivity index (χ1v) is 9.94. The molecule has 142 valence electrons. The average molecular weight is 378 g/mol. The summed E-state index contributed by atoms with van der Waals surface area (Å²) in [4.78, 5) is 0. The number of nitrogens with one attached hydrogen (secondary N) is 1. The van der Waals surface area contributed by atoms with Crippen LogP contribution in [0.2, 0.25) is 0 Å². The minimum Gasteiger partial charge on any atom is -0.398 e. The summed E-state index contributed by atoms with van der Waals surface area (Å²) in [5.41, 5.74) is 13.8. The number of aryl methyl sites for hydroxylation is 4. The highest BCUT2D eigenvalue weighted by Gasteiger charge is 2.15. The van der Waals surface area contributed by atoms with Gasteiger partial charge in [0.25, 0.3) is 10.1 Å². The lowest BCUT2D eigenvalue weighted by molar-refractivity contribution is 0.208. The van der Waals surface area contributed by atoms with Crippen LogP contribution in [0.4, 0.5) is 11.4 Å². The van der Waals surface area contributed by atoms with Crippen molar-refractivity contribution in [1.29, 1.82) is 0 Å². The van der Waals surface area contributed by atoms with Gasteiger partial charge >= 0.3 is 0 Å². The molecule has 0 aliphatic rings. The molecule has 7 heteroatoms. The number of hydrogen-bond donors (Lipinski definition) is 4. The van der Waals surface area contributed by atoms with Gasteiger partial charge in [0.15, 0.2) is 0 Å². The minimum absolute atomic E-state index is 0.0287. The molecule has 0 fully saturated rings. The molecule has 26 heavy (non-hydrogen) atoms. The van der Waals surface area contributed by atoms with Crippen molar-refractivity contribution in [2.75, 3.05) is 23.3 Å². The Labute approximate surface area is 154 Å². The number of aliphatic hydroxyl groups is 1. The van der Waals surface area contributed by atoms with E-state index in [1.807, 2.05) is 39.8 Å². The fourth-order valence-corrected chi connectivity index (χ4v) is 3.68. The highest BCUT2D eigenvalue weighted by atomic mass is 32.2. The number of rotatable bonds is 6. The second kappa shape index (κ2) is 7.65. The molecule has 0 aliphatic heterocycles. The summed E-state index contributed by atoms with van der Waals surface area (Å²) >= 11 is 0. The lowest BCUT2D eigenvalue weighted by Gasteiger charge is -2.18. The van der Waals surface area contributed by atoms with E-state index in [4.69, 9.17) is 10.3 Å². The molecule has 2 aromatic rings. The van der Waals surface area contributed by atoms with E-state index < -0.39 is 22.0 Å². The van der Waals surface area contributed by atoms with Crippen molar-refractivity contribution in [3.05, 3.63) is 46.5 Å². The van der Waals surface area contributed by atoms with E-state index in [1.165, 1.54) is 0 Å². The second-order valence-corrected chi connectivity index (χ2v) is 8.29. The van der Waals surface area contributed by atoms with Gasteiger partial charge in [-0.2, -0.15) is 8.42 Å². The molecule has 1 unspecified atom stereocenters. The Morgan fingerprint density at radius 1 is 0.962 bits per heavy atom. The van der Waals surface area contributed by atoms with Crippen molar-refractivity contribution < 1.29 is 18.1 Å². The largest absolute Gasteiger partial charge is 0.398 e. The molecule has 1 atom stereocenters. The quantitative estimate of drug-likeness (QED) is 0.454. The van der Waals surface area contributed by atoms with Gasteiger partial charge in [-0.05, 0) is 85.3 Å². The number of nitrogens with two attached hydrogens (primary N) is 1. The Morgan fingerprint density at radius 2 is 1.38 bits per heavy atom. The smallest absolute Gasteiger partial charge is 0.267 e. The van der Waals surface area contributed by atoms with Crippen molar-refractivity contribution >= 4 is 21.5 Å². The highest BCUT2D eigenvalue weighted by Crippen LogP contribution is 2.31. The van der Waals surface area contributed by atoms with Crippen LogP contribution in [0, 0.1) is 27.7 Å². The monoisotopic (exact) mass is 378 g/mol. The van der Waals surface area contributed by atoms with Gasteiger partial charge in [0.05, 0.1) is 6.10 Å². The molecule has 0 saturated heterocycles. The maximum absolute atomic E-state index is 10.8. The Morgan fingerprint density at radius 3 is 1.81 bits per heavy atom. The SMILES string of the molecule is Cc1cc(-c2cc(C)c(NCC(O)CS(=O)(=O)O)c(C)c2)cc(C)c1N. The van der Waals surface area contributed by atoms with E-state index in [2.05, 4.69) is 17.4 Å². The maximum atomic E-state index is 10.8. The number of hydrogen-bond acceptors (Lipinski definition) is 5. The van der Waals surface area contributed by atoms with Crippen molar-refractivity contribution in [2.24, 2.45) is 0 Å². The van der Waals surface area contributed by atoms with Crippen LogP contribution >= 0.6 is 0 Å². The molecule has 5 N–H and O–H groups in total. The van der Waals surface area contributed by atoms with E-state index in [-0.39, 0.29) is 6.54 Å². The van der Waals surface area contributed by atoms with Crippen molar-refractivity contribution in [3.8, 4) is 11.1 Å². The van der Waals surface area contributed by atoms with E-state index in [0.717, 1.165) is 44.8 Å². The Bertz CT molecular complexity index is 877. The van der Waals surface area contributed by atoms with Crippen molar-refractivity contribution in [2.45, 2.75) is 33.8 Å². The molecule has 0 spiro atoms. The molecule has 0 aromatic heterocycles. The molecule has 0 aliphatic carbocycles. The summed E-state index contributed by atoms with van der Waals surface area (Å²) in [5, 5.41) is 12.8. The molecule has 0 bridgehead atoms. The minimum atomic E-state index is -4.20. The van der Waals surface area contributed by atoms with Crippen LogP contribution in [0.5, 0.6) is 0 Å². The summed E-state index contributed by atoms with van der Waals surface area (Å²) < 4.78 is 30.4. The number of benzene rings is 2. The van der Waals surface area contributed by atoms with E-state index in [1.54, 1.807) is 0 Å². The summed E-state index contributed by atoms with van der Waals surface area (Å²) in [6.45, 7) is 7.90. The first-order valence-electron chi connectivity index (χ1n) is 8.33. The number of nitrogen functional groups attached to an aromatic ring is 1. The predicted octanol–water partition coefficient (Wildman–Crippen LogP) is 2.83. The molecule has 0 radical (unpaired) electrons. The van der Waals surface area contributed by atoms with Crippen molar-refractivity contribution in [1.82, 2.24) is 0 Å². The molecule has 0 amide bonds. The topological polar surface area (TPSA) is 113 Å². The third-order valence-electron chi connectivity index (χ3n) is 4.38. The molecule has 0 heterocycles. The number of aliphatic hydroxyl groups excluding tert-OH is 1. The van der Waals surface area contributed by atoms with Gasteiger partial charge in [-0.3, -0.25) is 4.55 Å². The summed E-state index contributed by atoms with van der Waals surface area (Å²) in [7, 11) is -4.20. The molecule has 0 saturated carbocycles. The zero-order valence-corrected chi connectivity index (χ0v) is 16.3. The van der Waals surface area contributed by atoms with Crippen LogP contribution in [-0.4, -0.2) is 36.5 Å². The molecule has 2 rings (SSSR count). The summed E-state index contributed by atoms with van der Waals surface area (Å²) in [6.07, 6.45) is -1.19. The van der Waals surface area contributed by atoms with E-state index in [0.29, 0.717) is 0 Å². The molecule has 6 nitrogen and oxygen atoms in total. The standard InChI is InChI=1S/C19H26N2O4S/c1-11-5-15(6-12(2)18(11)20)16-7-13(3)19(14(4)8-16)21-9-17(22)10-26(23,24)25/h5-8,17,21-22H,9-10,20H2,1-4H3,(H,23,24,25). The van der Waals surface area contributed by atoms with E-state index in [9.17, 15) is 13.5 Å². The molecule has 2 aromatic carbocycles. The van der Waals surface area contributed by atoms with Crippen LogP contribution in [0.3, 0.4) is 0 Å². The molecular weight excluding hydrogens is 352 g/mol. The zero-order chi connectivity index (χ0) is 19.6. The second-order valence-electron chi connectivity index (χ2n) is 6.79. The first-order chi connectivity index (χ1) is 12.0. The Hall–Kier alpha value is -2.09. The van der Waals surface area contributed by atoms with Gasteiger partial charge in [-0.1, -0.05) is 0 Å². The Balaban J connectivity index is 2.26. The van der Waals surface area contributed by atoms with Gasteiger partial charge in [0, 0.05) is 17.9 Å². The zero-order valence-electron chi connectivity index (χ0n) is 15.5. The van der Waals surface area contributed by atoms with Gasteiger partial charge in [0.1, 0.15) is 5.75 Å². The van der Waals surface area contributed by atoms with Gasteiger partial charge < -0.3 is 16.2 Å². The highest BCUT2D eigenvalue weighted by molar-refractivity contribution is 7.85. The summed E-state index contributed by atoms with van der Waals surface area (Å²) in [5.74, 6) is -0.694. The van der Waals surface area contributed by atoms with Crippen LogP contribution in [0.15, 0.2) is 24.3 Å². The van der Waals surface area contributed by atoms with Crippen LogP contribution in [0.25, 0.3) is 11.1 Å². The maximum Gasteiger partial charge on any atom is 0.267 e. The van der Waals surface area contributed by atoms with E-state index >= 15 is 0 Å². The third kappa shape index (κ3) is 4.97. The fourth-order valence-electron chi connectivity index (χ4n) is 3.07. The summed E-state index contributed by atoms with van der Waals surface area (Å²) in [6, 6.07) is 8.18. The predicted molar refractivity (Wildman–Crippen MR) is 106 cm³/mol. The van der Waals surface area contributed by atoms with Crippen molar-refractivity contribution in [3.63, 3.8) is 0 Å². The van der Waals surface area contributed by atoms with Gasteiger partial charge in [-0.15, -0.1) is 0 Å². The van der Waals surface area contributed by atoms with Crippen LogP contribution in [-0.2, 0) is 10.1 Å². The molecular formula is C19H26N2O4S. The lowest BCUT2D eigenvalue weighted by atomic mass is 9.95. The Kier molecular flexibility index (Phi) is 5.95. The first kappa shape index (κ1) is 20.2. The normalized spacial score (nSPS) is 12.8. The lowest BCUT2D eigenvalue weighted by Crippen LogP contribution is -2.28. The fraction of sp³-hybridized carbons (Fsp3) is 0.368. The third-order valence-corrected chi connectivity index (χ3v) is 5.18.